The van der Waals surface area contributed by atoms with E-state index in [2.05, 4.69) is 29.2 Å². The number of ether oxygens (including phenoxy) is 5. The minimum atomic E-state index is -1.03. The van der Waals surface area contributed by atoms with E-state index in [9.17, 15) is 0 Å². The molecular weight excluding hydrogens is 672 g/mol. The standard InChI is InChI=1S/C45H41F2NO5/c1-49-31-10-6-27(7-11-31)45(28-8-12-32(50-2)13-9-28)15-14-33-42-40(36-21-30(46)22-37(47)41(36)44(42)25-26-4-5-29(44)20-26)34-23-38(48-16-18-52-19-17-48)39(51-3)24-35(34)43(33)53-45/h6-15,21-24,26,29H,4-5,16-20,25H2,1-3H3. The van der Waals surface area contributed by atoms with Crippen LogP contribution in [0.25, 0.3) is 28.0 Å². The van der Waals surface area contributed by atoms with Crippen molar-refractivity contribution in [1.82, 2.24) is 0 Å². The highest BCUT2D eigenvalue weighted by atomic mass is 19.1. The molecule has 5 aliphatic rings. The Kier molecular flexibility index (Phi) is 7.35. The molecule has 2 saturated carbocycles. The van der Waals surface area contributed by atoms with Gasteiger partial charge in [-0.25, -0.2) is 8.78 Å². The van der Waals surface area contributed by atoms with E-state index >= 15 is 8.78 Å². The number of fused-ring (bicyclic) bond motifs is 13. The summed E-state index contributed by atoms with van der Waals surface area (Å²) in [6.07, 6.45) is 8.34. The molecule has 2 bridgehead atoms. The third-order valence-corrected chi connectivity index (χ3v) is 12.8. The summed E-state index contributed by atoms with van der Waals surface area (Å²) in [5.41, 5.74) is 5.36. The smallest absolute Gasteiger partial charge is 0.178 e. The average molecular weight is 714 g/mol. The van der Waals surface area contributed by atoms with Crippen molar-refractivity contribution < 1.29 is 32.5 Å². The number of anilines is 1. The number of rotatable bonds is 6. The quantitative estimate of drug-likeness (QED) is 0.175. The highest BCUT2D eigenvalue weighted by molar-refractivity contribution is 6.10. The van der Waals surface area contributed by atoms with E-state index in [0.717, 1.165) is 87.5 Å². The summed E-state index contributed by atoms with van der Waals surface area (Å²) >= 11 is 0. The van der Waals surface area contributed by atoms with Gasteiger partial charge in [0.2, 0.25) is 0 Å². The van der Waals surface area contributed by atoms with Crippen molar-refractivity contribution in [2.75, 3.05) is 52.5 Å². The van der Waals surface area contributed by atoms with Crippen LogP contribution in [0, 0.1) is 23.5 Å². The SMILES string of the molecule is COc1ccc(C2(c3ccc(OC)cc3)C=Cc3c4c(c5cc(N6CCOCC6)c(OC)cc5c3O2)-c2cc(F)cc(F)c2C42CC3CCC2C3)cc1. The van der Waals surface area contributed by atoms with Crippen LogP contribution in [-0.4, -0.2) is 47.6 Å². The number of hydrogen-bond acceptors (Lipinski definition) is 6. The number of benzene rings is 5. The second-order valence-corrected chi connectivity index (χ2v) is 15.2. The molecule has 1 saturated heterocycles. The van der Waals surface area contributed by atoms with Gasteiger partial charge in [-0.1, -0.05) is 36.8 Å². The summed E-state index contributed by atoms with van der Waals surface area (Å²) < 4.78 is 62.6. The highest BCUT2D eigenvalue weighted by Gasteiger charge is 2.60. The van der Waals surface area contributed by atoms with Gasteiger partial charge in [-0.3, -0.25) is 0 Å². The lowest BCUT2D eigenvalue weighted by Gasteiger charge is -2.41. The van der Waals surface area contributed by atoms with Crippen molar-refractivity contribution in [3.05, 3.63) is 118 Å². The second-order valence-electron chi connectivity index (χ2n) is 15.2. The lowest BCUT2D eigenvalue weighted by Crippen LogP contribution is -2.37. The Morgan fingerprint density at radius 2 is 1.47 bits per heavy atom. The molecule has 0 N–H and O–H groups in total. The Hall–Kier alpha value is -5.08. The van der Waals surface area contributed by atoms with E-state index in [1.54, 1.807) is 27.4 Å². The number of halogens is 2. The van der Waals surface area contributed by atoms with Gasteiger partial charge in [0.05, 0.1) is 40.2 Å². The monoisotopic (exact) mass is 713 g/mol. The maximum Gasteiger partial charge on any atom is 0.178 e. The fourth-order valence-electron chi connectivity index (χ4n) is 10.6. The molecule has 53 heavy (non-hydrogen) atoms. The molecule has 1 spiro atoms. The number of morpholine rings is 1. The summed E-state index contributed by atoms with van der Waals surface area (Å²) in [5, 5.41) is 1.74. The van der Waals surface area contributed by atoms with Gasteiger partial charge in [-0.15, -0.1) is 0 Å². The third-order valence-electron chi connectivity index (χ3n) is 12.8. The Balaban J connectivity index is 1.31. The first-order chi connectivity index (χ1) is 25.9. The fraction of sp³-hybridized carbons (Fsp3) is 0.333. The summed E-state index contributed by atoms with van der Waals surface area (Å²) in [4.78, 5) is 2.28. The van der Waals surface area contributed by atoms with Gasteiger partial charge in [-0.2, -0.15) is 0 Å². The average Bonchev–Trinajstić information content (AvgIpc) is 3.90. The largest absolute Gasteiger partial charge is 0.497 e. The molecule has 2 aliphatic heterocycles. The highest BCUT2D eigenvalue weighted by Crippen LogP contribution is 2.69. The minimum absolute atomic E-state index is 0.245. The lowest BCUT2D eigenvalue weighted by atomic mass is 9.65. The molecular formula is C45H41F2NO5. The van der Waals surface area contributed by atoms with Crippen LogP contribution in [0.5, 0.6) is 23.0 Å². The molecule has 6 nitrogen and oxygen atoms in total. The molecule has 0 amide bonds. The predicted octanol–water partition coefficient (Wildman–Crippen LogP) is 9.42. The third kappa shape index (κ3) is 4.57. The number of nitrogens with zero attached hydrogens (tertiary/aromatic N) is 1. The Morgan fingerprint density at radius 3 is 2.08 bits per heavy atom. The topological polar surface area (TPSA) is 49.4 Å². The van der Waals surface area contributed by atoms with Crippen LogP contribution in [0.4, 0.5) is 14.5 Å². The van der Waals surface area contributed by atoms with E-state index < -0.39 is 22.7 Å². The van der Waals surface area contributed by atoms with Gasteiger partial charge in [0, 0.05) is 52.2 Å². The Morgan fingerprint density at radius 1 is 0.774 bits per heavy atom. The number of hydrogen-bond donors (Lipinski definition) is 0. The Bertz CT molecular complexity index is 2270. The lowest BCUT2D eigenvalue weighted by molar-refractivity contribution is 0.122. The summed E-state index contributed by atoms with van der Waals surface area (Å²) in [5.74, 6) is 2.60. The van der Waals surface area contributed by atoms with Gasteiger partial charge in [-0.05, 0) is 102 Å². The maximum atomic E-state index is 16.6. The van der Waals surface area contributed by atoms with E-state index in [4.69, 9.17) is 23.7 Å². The van der Waals surface area contributed by atoms with Gasteiger partial charge >= 0.3 is 0 Å². The zero-order valence-corrected chi connectivity index (χ0v) is 30.1. The maximum absolute atomic E-state index is 16.6. The zero-order valence-electron chi connectivity index (χ0n) is 30.1. The van der Waals surface area contributed by atoms with Crippen molar-refractivity contribution in [2.45, 2.75) is 36.7 Å². The normalized spacial score (nSPS) is 23.2. The second kappa shape index (κ2) is 12.0. The van der Waals surface area contributed by atoms with Crippen LogP contribution >= 0.6 is 0 Å². The van der Waals surface area contributed by atoms with Crippen molar-refractivity contribution >= 4 is 22.5 Å². The van der Waals surface area contributed by atoms with Crippen LogP contribution in [0.2, 0.25) is 0 Å². The predicted molar refractivity (Wildman–Crippen MR) is 202 cm³/mol. The van der Waals surface area contributed by atoms with Crippen molar-refractivity contribution in [1.29, 1.82) is 0 Å². The first kappa shape index (κ1) is 32.6. The van der Waals surface area contributed by atoms with Gasteiger partial charge in [0.15, 0.2) is 5.60 Å². The summed E-state index contributed by atoms with van der Waals surface area (Å²) in [6.45, 7) is 2.63. The van der Waals surface area contributed by atoms with Crippen LogP contribution in [0.15, 0.2) is 78.9 Å². The van der Waals surface area contributed by atoms with E-state index in [-0.39, 0.29) is 5.92 Å². The van der Waals surface area contributed by atoms with Gasteiger partial charge in [0.1, 0.15) is 34.6 Å². The first-order valence-corrected chi connectivity index (χ1v) is 18.6. The van der Waals surface area contributed by atoms with Crippen LogP contribution < -0.4 is 23.8 Å². The molecule has 2 heterocycles. The zero-order chi connectivity index (χ0) is 36.1. The first-order valence-electron chi connectivity index (χ1n) is 18.6. The number of methoxy groups -OCH3 is 3. The molecule has 0 radical (unpaired) electrons. The van der Waals surface area contributed by atoms with Crippen LogP contribution in [0.3, 0.4) is 0 Å². The molecule has 10 rings (SSSR count). The van der Waals surface area contributed by atoms with Gasteiger partial charge < -0.3 is 28.6 Å². The molecule has 5 aromatic rings. The summed E-state index contributed by atoms with van der Waals surface area (Å²) in [7, 11) is 5.00. The molecule has 3 fully saturated rings. The molecule has 3 unspecified atom stereocenters. The van der Waals surface area contributed by atoms with Crippen LogP contribution in [0.1, 0.15) is 53.5 Å². The van der Waals surface area contributed by atoms with Crippen molar-refractivity contribution in [3.63, 3.8) is 0 Å². The van der Waals surface area contributed by atoms with Crippen molar-refractivity contribution in [2.24, 2.45) is 11.8 Å². The molecule has 8 heteroatoms. The van der Waals surface area contributed by atoms with E-state index in [0.29, 0.717) is 54.8 Å². The summed E-state index contributed by atoms with van der Waals surface area (Å²) in [6, 6.07) is 22.8. The molecule has 3 aliphatic carbocycles. The molecule has 3 atom stereocenters. The van der Waals surface area contributed by atoms with Crippen molar-refractivity contribution in [3.8, 4) is 34.1 Å². The van der Waals surface area contributed by atoms with E-state index in [1.165, 1.54) is 0 Å². The molecule has 5 aromatic carbocycles. The van der Waals surface area contributed by atoms with E-state index in [1.807, 2.05) is 48.5 Å². The van der Waals surface area contributed by atoms with Crippen LogP contribution in [-0.2, 0) is 15.8 Å². The fourth-order valence-corrected chi connectivity index (χ4v) is 10.6. The molecule has 270 valence electrons. The Labute approximate surface area is 307 Å². The molecule has 0 aromatic heterocycles. The minimum Gasteiger partial charge on any atom is -0.497 e. The van der Waals surface area contributed by atoms with Gasteiger partial charge in [0.25, 0.3) is 0 Å².